The number of hydrogen-bond acceptors (Lipinski definition) is 4. The van der Waals surface area contributed by atoms with Crippen LogP contribution in [0.5, 0.6) is 0 Å². The van der Waals surface area contributed by atoms with E-state index in [2.05, 4.69) is 10.3 Å². The number of benzene rings is 2. The molecule has 0 unspecified atom stereocenters. The minimum Gasteiger partial charge on any atom is -0.351 e. The quantitative estimate of drug-likeness (QED) is 0.600. The number of nitrogens with zero attached hydrogens (tertiary/aromatic N) is 3. The second-order valence-corrected chi connectivity index (χ2v) is 9.29. The Morgan fingerprint density at radius 2 is 1.67 bits per heavy atom. The molecule has 0 aliphatic carbocycles. The van der Waals surface area contributed by atoms with Crippen LogP contribution in [0.2, 0.25) is 0 Å². The van der Waals surface area contributed by atoms with Crippen LogP contribution in [-0.4, -0.2) is 41.0 Å². The standard InChI is InChI=1S/C22H26N4O3S/c1-17-4-6-20(7-5-17)15-25(30(3,28)29)16-22(27)24-14-19-8-10-21(11-9-19)26-13-12-23-18(26)2/h4-13H,14-16H2,1-3H3,(H,24,27). The van der Waals surface area contributed by atoms with E-state index in [1.54, 1.807) is 6.20 Å². The van der Waals surface area contributed by atoms with Gasteiger partial charge in [0.05, 0.1) is 12.8 Å². The summed E-state index contributed by atoms with van der Waals surface area (Å²) in [6.07, 6.45) is 4.75. The van der Waals surface area contributed by atoms with Crippen LogP contribution in [0.4, 0.5) is 0 Å². The van der Waals surface area contributed by atoms with Gasteiger partial charge in [-0.15, -0.1) is 0 Å². The van der Waals surface area contributed by atoms with Crippen molar-refractivity contribution in [2.24, 2.45) is 0 Å². The highest BCUT2D eigenvalue weighted by Gasteiger charge is 2.20. The molecule has 158 valence electrons. The first-order valence-corrected chi connectivity index (χ1v) is 11.4. The van der Waals surface area contributed by atoms with E-state index in [9.17, 15) is 13.2 Å². The van der Waals surface area contributed by atoms with Crippen molar-refractivity contribution >= 4 is 15.9 Å². The van der Waals surface area contributed by atoms with Gasteiger partial charge in [0, 0.05) is 31.2 Å². The van der Waals surface area contributed by atoms with Crippen molar-refractivity contribution in [1.29, 1.82) is 0 Å². The van der Waals surface area contributed by atoms with Crippen molar-refractivity contribution in [3.63, 3.8) is 0 Å². The molecule has 0 atom stereocenters. The van der Waals surface area contributed by atoms with E-state index in [0.717, 1.165) is 34.5 Å². The Morgan fingerprint density at radius 1 is 1.03 bits per heavy atom. The first kappa shape index (κ1) is 21.7. The maximum Gasteiger partial charge on any atom is 0.235 e. The zero-order chi connectivity index (χ0) is 21.7. The largest absolute Gasteiger partial charge is 0.351 e. The molecule has 0 spiro atoms. The monoisotopic (exact) mass is 426 g/mol. The zero-order valence-electron chi connectivity index (χ0n) is 17.4. The number of carbonyl (C=O) groups is 1. The fourth-order valence-electron chi connectivity index (χ4n) is 3.03. The molecule has 1 N–H and O–H groups in total. The molecule has 0 fully saturated rings. The Morgan fingerprint density at radius 3 is 2.23 bits per heavy atom. The van der Waals surface area contributed by atoms with Gasteiger partial charge in [-0.1, -0.05) is 42.0 Å². The van der Waals surface area contributed by atoms with Gasteiger partial charge in [-0.05, 0) is 37.1 Å². The maximum absolute atomic E-state index is 12.4. The smallest absolute Gasteiger partial charge is 0.235 e. The lowest BCUT2D eigenvalue weighted by Crippen LogP contribution is -2.39. The summed E-state index contributed by atoms with van der Waals surface area (Å²) < 4.78 is 27.4. The number of aryl methyl sites for hydroxylation is 2. The van der Waals surface area contributed by atoms with E-state index in [-0.39, 0.29) is 19.0 Å². The summed E-state index contributed by atoms with van der Waals surface area (Å²) in [5, 5.41) is 2.80. The van der Waals surface area contributed by atoms with E-state index in [4.69, 9.17) is 0 Å². The molecule has 3 aromatic rings. The molecule has 0 saturated heterocycles. The molecule has 0 aliphatic heterocycles. The molecule has 0 saturated carbocycles. The maximum atomic E-state index is 12.4. The van der Waals surface area contributed by atoms with Gasteiger partial charge in [-0.3, -0.25) is 4.79 Å². The molecular weight excluding hydrogens is 400 g/mol. The van der Waals surface area contributed by atoms with E-state index in [1.165, 1.54) is 4.31 Å². The highest BCUT2D eigenvalue weighted by molar-refractivity contribution is 7.88. The van der Waals surface area contributed by atoms with Gasteiger partial charge < -0.3 is 9.88 Å². The van der Waals surface area contributed by atoms with Gasteiger partial charge in [0.25, 0.3) is 0 Å². The second-order valence-electron chi connectivity index (χ2n) is 7.30. The van der Waals surface area contributed by atoms with Crippen LogP contribution in [0.25, 0.3) is 5.69 Å². The summed E-state index contributed by atoms with van der Waals surface area (Å²) in [6, 6.07) is 15.3. The van der Waals surface area contributed by atoms with Crippen LogP contribution in [0.3, 0.4) is 0 Å². The molecule has 2 aromatic carbocycles. The topological polar surface area (TPSA) is 84.3 Å². The van der Waals surface area contributed by atoms with Crippen molar-refractivity contribution < 1.29 is 13.2 Å². The predicted molar refractivity (Wildman–Crippen MR) is 117 cm³/mol. The molecule has 0 radical (unpaired) electrons. The Bertz CT molecular complexity index is 1100. The summed E-state index contributed by atoms with van der Waals surface area (Å²) in [5.74, 6) is 0.549. The molecule has 8 heteroatoms. The molecule has 1 aromatic heterocycles. The minimum atomic E-state index is -3.52. The summed E-state index contributed by atoms with van der Waals surface area (Å²) >= 11 is 0. The minimum absolute atomic E-state index is 0.158. The normalized spacial score (nSPS) is 11.6. The van der Waals surface area contributed by atoms with E-state index < -0.39 is 10.0 Å². The van der Waals surface area contributed by atoms with Crippen molar-refractivity contribution in [3.05, 3.63) is 83.4 Å². The highest BCUT2D eigenvalue weighted by Crippen LogP contribution is 2.12. The average Bonchev–Trinajstić information content (AvgIpc) is 3.13. The van der Waals surface area contributed by atoms with Crippen molar-refractivity contribution in [3.8, 4) is 5.69 Å². The molecule has 1 amide bonds. The van der Waals surface area contributed by atoms with Crippen molar-refractivity contribution in [1.82, 2.24) is 19.2 Å². The molecular formula is C22H26N4O3S. The SMILES string of the molecule is Cc1ccc(CN(CC(=O)NCc2ccc(-n3ccnc3C)cc2)S(C)(=O)=O)cc1. The number of sulfonamides is 1. The van der Waals surface area contributed by atoms with Crippen LogP contribution in [0.1, 0.15) is 22.5 Å². The second kappa shape index (κ2) is 9.23. The number of hydrogen-bond donors (Lipinski definition) is 1. The van der Waals surface area contributed by atoms with Gasteiger partial charge in [0.2, 0.25) is 15.9 Å². The van der Waals surface area contributed by atoms with Gasteiger partial charge >= 0.3 is 0 Å². The number of imidazole rings is 1. The Kier molecular flexibility index (Phi) is 6.69. The summed E-state index contributed by atoms with van der Waals surface area (Å²) in [5.41, 5.74) is 3.84. The van der Waals surface area contributed by atoms with Crippen LogP contribution in [-0.2, 0) is 27.9 Å². The Labute approximate surface area is 177 Å². The van der Waals surface area contributed by atoms with Crippen LogP contribution >= 0.6 is 0 Å². The molecule has 3 rings (SSSR count). The van der Waals surface area contributed by atoms with Gasteiger partial charge in [0.1, 0.15) is 5.82 Å². The van der Waals surface area contributed by atoms with Crippen molar-refractivity contribution in [2.45, 2.75) is 26.9 Å². The molecule has 0 aliphatic rings. The van der Waals surface area contributed by atoms with Gasteiger partial charge in [-0.25, -0.2) is 13.4 Å². The van der Waals surface area contributed by atoms with Crippen LogP contribution < -0.4 is 5.32 Å². The lowest BCUT2D eigenvalue weighted by Gasteiger charge is -2.19. The lowest BCUT2D eigenvalue weighted by atomic mass is 10.1. The molecule has 30 heavy (non-hydrogen) atoms. The number of carbonyl (C=O) groups excluding carboxylic acids is 1. The number of amides is 1. The fraction of sp³-hybridized carbons (Fsp3) is 0.273. The van der Waals surface area contributed by atoms with E-state index >= 15 is 0 Å². The molecule has 1 heterocycles. The number of rotatable bonds is 8. The van der Waals surface area contributed by atoms with E-state index in [1.807, 2.05) is 73.1 Å². The summed E-state index contributed by atoms with van der Waals surface area (Å²) in [7, 11) is -3.52. The lowest BCUT2D eigenvalue weighted by molar-refractivity contribution is -0.121. The summed E-state index contributed by atoms with van der Waals surface area (Å²) in [6.45, 7) is 4.15. The number of nitrogens with one attached hydrogen (secondary N) is 1. The zero-order valence-corrected chi connectivity index (χ0v) is 18.2. The molecule has 7 nitrogen and oxygen atoms in total. The fourth-order valence-corrected chi connectivity index (χ4v) is 3.76. The third kappa shape index (κ3) is 5.77. The van der Waals surface area contributed by atoms with Gasteiger partial charge in [-0.2, -0.15) is 4.31 Å². The molecule has 0 bridgehead atoms. The van der Waals surface area contributed by atoms with Gasteiger partial charge in [0.15, 0.2) is 0 Å². The third-order valence-electron chi connectivity index (χ3n) is 4.80. The average molecular weight is 427 g/mol. The highest BCUT2D eigenvalue weighted by atomic mass is 32.2. The first-order valence-electron chi connectivity index (χ1n) is 9.59. The number of aromatic nitrogens is 2. The Balaban J connectivity index is 1.59. The predicted octanol–water partition coefficient (Wildman–Crippen LogP) is 2.57. The first-order chi connectivity index (χ1) is 14.2. The Hall–Kier alpha value is -2.97. The third-order valence-corrected chi connectivity index (χ3v) is 5.99. The van der Waals surface area contributed by atoms with Crippen molar-refractivity contribution in [2.75, 3.05) is 12.8 Å². The van der Waals surface area contributed by atoms with Crippen LogP contribution in [0, 0.1) is 13.8 Å². The summed E-state index contributed by atoms with van der Waals surface area (Å²) in [4.78, 5) is 16.6. The van der Waals surface area contributed by atoms with Crippen LogP contribution in [0.15, 0.2) is 60.9 Å². The van der Waals surface area contributed by atoms with E-state index in [0.29, 0.717) is 6.54 Å².